The minimum absolute atomic E-state index is 0.169. The van der Waals surface area contributed by atoms with Crippen LogP contribution in [-0.4, -0.2) is 23.6 Å². The average molecular weight is 412 g/mol. The van der Waals surface area contributed by atoms with E-state index >= 15 is 0 Å². The summed E-state index contributed by atoms with van der Waals surface area (Å²) in [5, 5.41) is 3.41. The highest BCUT2D eigenvalue weighted by molar-refractivity contribution is 7.89. The van der Waals surface area contributed by atoms with Crippen LogP contribution in [0.4, 0.5) is 5.00 Å². The van der Waals surface area contributed by atoms with Crippen molar-refractivity contribution in [1.29, 1.82) is 0 Å². The first kappa shape index (κ1) is 18.5. The molecule has 8 heteroatoms. The number of anilines is 1. The lowest BCUT2D eigenvalue weighted by Gasteiger charge is -2.16. The molecule has 0 spiro atoms. The molecule has 3 heterocycles. The van der Waals surface area contributed by atoms with E-state index in [0.29, 0.717) is 5.00 Å². The number of nitrogens with zero attached hydrogens (tertiary/aromatic N) is 2. The molecule has 1 aliphatic heterocycles. The van der Waals surface area contributed by atoms with E-state index in [9.17, 15) is 13.2 Å². The van der Waals surface area contributed by atoms with Gasteiger partial charge in [-0.15, -0.1) is 11.3 Å². The summed E-state index contributed by atoms with van der Waals surface area (Å²) < 4.78 is 27.4. The molecular formula is C20H17N3O3S2. The zero-order chi connectivity index (χ0) is 19.7. The van der Waals surface area contributed by atoms with E-state index in [-0.39, 0.29) is 23.9 Å². The number of sulfonamides is 1. The molecule has 6 nitrogen and oxygen atoms in total. The highest BCUT2D eigenvalue weighted by atomic mass is 32.2. The van der Waals surface area contributed by atoms with Gasteiger partial charge in [0.05, 0.1) is 10.7 Å². The van der Waals surface area contributed by atoms with Gasteiger partial charge < -0.3 is 5.32 Å². The van der Waals surface area contributed by atoms with E-state index in [1.165, 1.54) is 27.9 Å². The van der Waals surface area contributed by atoms with Crippen molar-refractivity contribution in [2.75, 3.05) is 5.32 Å². The molecular weight excluding hydrogens is 394 g/mol. The van der Waals surface area contributed by atoms with Crippen LogP contribution in [0.5, 0.6) is 0 Å². The molecule has 0 fully saturated rings. The van der Waals surface area contributed by atoms with Gasteiger partial charge in [-0.3, -0.25) is 9.78 Å². The number of carbonyl (C=O) groups is 1. The Morgan fingerprint density at radius 1 is 1.18 bits per heavy atom. The number of benzene rings is 1. The van der Waals surface area contributed by atoms with Gasteiger partial charge in [0.1, 0.15) is 4.90 Å². The van der Waals surface area contributed by atoms with Crippen molar-refractivity contribution in [3.8, 4) is 11.3 Å². The third kappa shape index (κ3) is 3.49. The topological polar surface area (TPSA) is 79.4 Å². The lowest BCUT2D eigenvalue weighted by Crippen LogP contribution is -2.25. The van der Waals surface area contributed by atoms with Crippen LogP contribution in [0.3, 0.4) is 0 Å². The number of fused-ring (bicyclic) bond motifs is 1. The maximum Gasteiger partial charge on any atom is 0.248 e. The molecule has 0 bridgehead atoms. The maximum absolute atomic E-state index is 13.0. The number of hydrogen-bond acceptors (Lipinski definition) is 5. The smallest absolute Gasteiger partial charge is 0.248 e. The Labute approximate surface area is 167 Å². The van der Waals surface area contributed by atoms with Crippen molar-refractivity contribution in [3.05, 3.63) is 77.8 Å². The van der Waals surface area contributed by atoms with Crippen molar-refractivity contribution in [2.24, 2.45) is 0 Å². The molecule has 0 radical (unpaired) electrons. The van der Waals surface area contributed by atoms with Gasteiger partial charge in [0, 0.05) is 29.7 Å². The molecule has 1 amide bonds. The molecule has 28 heavy (non-hydrogen) atoms. The van der Waals surface area contributed by atoms with Gasteiger partial charge >= 0.3 is 0 Å². The number of pyridine rings is 1. The van der Waals surface area contributed by atoms with Crippen LogP contribution < -0.4 is 5.32 Å². The van der Waals surface area contributed by atoms with Crippen LogP contribution in [0.15, 0.2) is 72.3 Å². The predicted molar refractivity (Wildman–Crippen MR) is 109 cm³/mol. The van der Waals surface area contributed by atoms with Gasteiger partial charge in [-0.2, -0.15) is 4.31 Å². The Bertz CT molecular complexity index is 1110. The number of thiophene rings is 1. The zero-order valence-corrected chi connectivity index (χ0v) is 16.5. The summed E-state index contributed by atoms with van der Waals surface area (Å²) in [6.07, 6.45) is 2.60. The highest BCUT2D eigenvalue weighted by Gasteiger charge is 2.32. The molecule has 1 aromatic carbocycles. The normalized spacial score (nSPS) is 13.9. The van der Waals surface area contributed by atoms with Crippen LogP contribution in [0.1, 0.15) is 10.4 Å². The fourth-order valence-corrected chi connectivity index (χ4v) is 5.51. The number of aromatic nitrogens is 1. The molecule has 0 saturated heterocycles. The first-order valence-electron chi connectivity index (χ1n) is 8.54. The second-order valence-electron chi connectivity index (χ2n) is 6.27. The largest absolute Gasteiger partial charge is 0.314 e. The van der Waals surface area contributed by atoms with Crippen molar-refractivity contribution in [1.82, 2.24) is 9.29 Å². The van der Waals surface area contributed by atoms with E-state index in [4.69, 9.17) is 0 Å². The van der Waals surface area contributed by atoms with E-state index in [1.54, 1.807) is 12.1 Å². The lowest BCUT2D eigenvalue weighted by molar-refractivity contribution is -0.111. The van der Waals surface area contributed by atoms with Crippen molar-refractivity contribution < 1.29 is 13.2 Å². The summed E-state index contributed by atoms with van der Waals surface area (Å²) >= 11 is 1.38. The molecule has 2 aromatic heterocycles. The lowest BCUT2D eigenvalue weighted by atomic mass is 10.1. The molecule has 1 aliphatic rings. The summed E-state index contributed by atoms with van der Waals surface area (Å²) in [7, 11) is -3.64. The Hall–Kier alpha value is -2.81. The number of hydrogen-bond donors (Lipinski definition) is 1. The fourth-order valence-electron chi connectivity index (χ4n) is 3.01. The zero-order valence-electron chi connectivity index (χ0n) is 14.8. The monoisotopic (exact) mass is 411 g/mol. The molecule has 0 unspecified atom stereocenters. The fraction of sp³-hybridized carbons (Fsp3) is 0.100. The van der Waals surface area contributed by atoms with Crippen LogP contribution >= 0.6 is 11.3 Å². The Morgan fingerprint density at radius 3 is 2.61 bits per heavy atom. The molecule has 3 aromatic rings. The molecule has 0 saturated carbocycles. The highest BCUT2D eigenvalue weighted by Crippen LogP contribution is 2.36. The van der Waals surface area contributed by atoms with Gasteiger partial charge in [-0.1, -0.05) is 36.9 Å². The quantitative estimate of drug-likeness (QED) is 0.650. The molecule has 4 rings (SSSR count). The van der Waals surface area contributed by atoms with Gasteiger partial charge in [-0.05, 0) is 29.8 Å². The van der Waals surface area contributed by atoms with Crippen LogP contribution in [-0.2, 0) is 27.9 Å². The predicted octanol–water partition coefficient (Wildman–Crippen LogP) is 3.64. The Morgan fingerprint density at radius 2 is 1.96 bits per heavy atom. The third-order valence-electron chi connectivity index (χ3n) is 4.44. The molecule has 0 aliphatic carbocycles. The number of amides is 1. The minimum atomic E-state index is -3.64. The van der Waals surface area contributed by atoms with Gasteiger partial charge in [0.15, 0.2) is 0 Å². The summed E-state index contributed by atoms with van der Waals surface area (Å²) in [5.41, 5.74) is 2.56. The number of carbonyl (C=O) groups excluding carboxylic acids is 1. The molecule has 1 N–H and O–H groups in total. The SMILES string of the molecule is C=CC(=O)Nc1cc2c(s1)CN(S(=O)(=O)c1ccc(-c3ccccc3)nc1)C2. The van der Waals surface area contributed by atoms with Gasteiger partial charge in [-0.25, -0.2) is 8.42 Å². The maximum atomic E-state index is 13.0. The van der Waals surface area contributed by atoms with Crippen LogP contribution in [0, 0.1) is 0 Å². The molecule has 0 atom stereocenters. The average Bonchev–Trinajstić information content (AvgIpc) is 3.28. The second-order valence-corrected chi connectivity index (χ2v) is 9.35. The first-order chi connectivity index (χ1) is 13.5. The number of nitrogens with one attached hydrogen (secondary N) is 1. The summed E-state index contributed by atoms with van der Waals surface area (Å²) in [4.78, 5) is 16.8. The van der Waals surface area contributed by atoms with Crippen LogP contribution in [0.2, 0.25) is 0 Å². The van der Waals surface area contributed by atoms with Crippen molar-refractivity contribution in [2.45, 2.75) is 18.0 Å². The summed E-state index contributed by atoms with van der Waals surface area (Å²) in [6.45, 7) is 3.98. The van der Waals surface area contributed by atoms with E-state index in [1.807, 2.05) is 36.4 Å². The van der Waals surface area contributed by atoms with Crippen LogP contribution in [0.25, 0.3) is 11.3 Å². The van der Waals surface area contributed by atoms with Gasteiger partial charge in [0.2, 0.25) is 15.9 Å². The van der Waals surface area contributed by atoms with Gasteiger partial charge in [0.25, 0.3) is 0 Å². The second kappa shape index (κ2) is 7.31. The standard InChI is InChI=1S/C20H17N3O3S2/c1-2-19(24)22-20-10-15-12-23(13-18(15)27-20)28(25,26)16-8-9-17(21-11-16)14-6-4-3-5-7-14/h2-11H,1,12-13H2,(H,22,24). The van der Waals surface area contributed by atoms with E-state index in [0.717, 1.165) is 21.7 Å². The van der Waals surface area contributed by atoms with E-state index < -0.39 is 10.0 Å². The first-order valence-corrected chi connectivity index (χ1v) is 10.8. The number of rotatable bonds is 5. The third-order valence-corrected chi connectivity index (χ3v) is 7.29. The summed E-state index contributed by atoms with van der Waals surface area (Å²) in [6, 6.07) is 14.7. The Balaban J connectivity index is 1.52. The van der Waals surface area contributed by atoms with Crippen molar-refractivity contribution >= 4 is 32.3 Å². The Kier molecular flexibility index (Phi) is 4.84. The van der Waals surface area contributed by atoms with E-state index in [2.05, 4.69) is 16.9 Å². The molecule has 142 valence electrons. The minimum Gasteiger partial charge on any atom is -0.314 e. The van der Waals surface area contributed by atoms with Crippen molar-refractivity contribution in [3.63, 3.8) is 0 Å². The summed E-state index contributed by atoms with van der Waals surface area (Å²) in [5.74, 6) is -0.283.